The Hall–Kier alpha value is -2.93. The molecule has 0 bridgehead atoms. The maximum absolute atomic E-state index is 11.8. The molecule has 0 aliphatic rings. The SMILES string of the molecule is C=C(C(=O)O)C(Nc1ccc(OC)cc1)c1ccc(OC)c(O[Si](C)(C)C(C)(C)C)c1. The number of anilines is 1. The third kappa shape index (κ3) is 5.82. The van der Waals surface area contributed by atoms with Gasteiger partial charge in [0, 0.05) is 5.69 Å². The van der Waals surface area contributed by atoms with Gasteiger partial charge in [-0.2, -0.15) is 0 Å². The van der Waals surface area contributed by atoms with Gasteiger partial charge in [-0.05, 0) is 60.1 Å². The molecule has 0 saturated carbocycles. The van der Waals surface area contributed by atoms with Gasteiger partial charge in [-0.15, -0.1) is 0 Å². The Bertz CT molecular complexity index is 932. The van der Waals surface area contributed by atoms with Crippen LogP contribution in [0.5, 0.6) is 17.2 Å². The highest BCUT2D eigenvalue weighted by molar-refractivity contribution is 6.74. The molecule has 2 aromatic rings. The topological polar surface area (TPSA) is 77.0 Å². The Labute approximate surface area is 186 Å². The van der Waals surface area contributed by atoms with E-state index >= 15 is 0 Å². The summed E-state index contributed by atoms with van der Waals surface area (Å²) < 4.78 is 17.2. The van der Waals surface area contributed by atoms with Gasteiger partial charge in [0.25, 0.3) is 8.32 Å². The van der Waals surface area contributed by atoms with Gasteiger partial charge < -0.3 is 24.3 Å². The average Bonchev–Trinajstić information content (AvgIpc) is 2.70. The van der Waals surface area contributed by atoms with E-state index in [0.29, 0.717) is 17.2 Å². The molecular weight excluding hydrogens is 410 g/mol. The van der Waals surface area contributed by atoms with Crippen molar-refractivity contribution in [2.75, 3.05) is 19.5 Å². The molecule has 0 aromatic heterocycles. The molecule has 2 rings (SSSR count). The molecule has 0 aliphatic carbocycles. The van der Waals surface area contributed by atoms with Crippen molar-refractivity contribution in [2.45, 2.75) is 44.9 Å². The third-order valence-corrected chi connectivity index (χ3v) is 10.1. The van der Waals surface area contributed by atoms with Gasteiger partial charge in [-0.1, -0.05) is 33.4 Å². The van der Waals surface area contributed by atoms with Crippen molar-refractivity contribution in [1.82, 2.24) is 0 Å². The van der Waals surface area contributed by atoms with Crippen LogP contribution in [0.2, 0.25) is 18.1 Å². The van der Waals surface area contributed by atoms with Crippen LogP contribution in [0.4, 0.5) is 5.69 Å². The van der Waals surface area contributed by atoms with Crippen molar-refractivity contribution in [3.05, 3.63) is 60.2 Å². The highest BCUT2D eigenvalue weighted by Gasteiger charge is 2.39. The molecule has 0 fully saturated rings. The Kier molecular flexibility index (Phi) is 7.44. The second-order valence-electron chi connectivity index (χ2n) is 8.91. The first kappa shape index (κ1) is 24.3. The van der Waals surface area contributed by atoms with E-state index in [1.807, 2.05) is 36.4 Å². The monoisotopic (exact) mass is 443 g/mol. The van der Waals surface area contributed by atoms with Crippen LogP contribution in [0, 0.1) is 0 Å². The molecule has 0 aliphatic heterocycles. The summed E-state index contributed by atoms with van der Waals surface area (Å²) in [5, 5.41) is 12.9. The molecule has 1 unspecified atom stereocenters. The Balaban J connectivity index is 2.47. The first-order chi connectivity index (χ1) is 14.4. The Morgan fingerprint density at radius 1 is 1.03 bits per heavy atom. The Morgan fingerprint density at radius 2 is 1.65 bits per heavy atom. The van der Waals surface area contributed by atoms with E-state index in [0.717, 1.165) is 11.3 Å². The number of ether oxygens (including phenoxy) is 2. The van der Waals surface area contributed by atoms with Gasteiger partial charge in [0.15, 0.2) is 5.75 Å². The second kappa shape index (κ2) is 9.47. The molecule has 31 heavy (non-hydrogen) atoms. The minimum atomic E-state index is -2.14. The van der Waals surface area contributed by atoms with Crippen LogP contribution in [0.1, 0.15) is 32.4 Å². The van der Waals surface area contributed by atoms with Crippen molar-refractivity contribution in [3.8, 4) is 17.2 Å². The van der Waals surface area contributed by atoms with Crippen LogP contribution in [0.3, 0.4) is 0 Å². The van der Waals surface area contributed by atoms with Crippen molar-refractivity contribution in [3.63, 3.8) is 0 Å². The lowest BCUT2D eigenvalue weighted by atomic mass is 9.99. The van der Waals surface area contributed by atoms with Gasteiger partial charge in [-0.25, -0.2) is 4.79 Å². The highest BCUT2D eigenvalue weighted by Crippen LogP contribution is 2.41. The van der Waals surface area contributed by atoms with E-state index in [4.69, 9.17) is 13.9 Å². The number of nitrogens with one attached hydrogen (secondary N) is 1. The number of aliphatic carboxylic acids is 1. The molecule has 0 spiro atoms. The normalized spacial score (nSPS) is 12.6. The molecule has 2 aromatic carbocycles. The second-order valence-corrected chi connectivity index (χ2v) is 13.6. The molecule has 0 radical (unpaired) electrons. The molecule has 0 heterocycles. The lowest BCUT2D eigenvalue weighted by molar-refractivity contribution is -0.132. The fraction of sp³-hybridized carbons (Fsp3) is 0.375. The summed E-state index contributed by atoms with van der Waals surface area (Å²) >= 11 is 0. The quantitative estimate of drug-likeness (QED) is 0.372. The van der Waals surface area contributed by atoms with Crippen LogP contribution >= 0.6 is 0 Å². The number of methoxy groups -OCH3 is 2. The summed E-state index contributed by atoms with van der Waals surface area (Å²) in [5.74, 6) is 0.853. The minimum Gasteiger partial charge on any atom is -0.541 e. The predicted octanol–water partition coefficient (Wildman–Crippen LogP) is 5.88. The lowest BCUT2D eigenvalue weighted by Crippen LogP contribution is -2.44. The molecule has 168 valence electrons. The van der Waals surface area contributed by atoms with E-state index < -0.39 is 20.3 Å². The molecule has 2 N–H and O–H groups in total. The number of rotatable bonds is 9. The molecule has 0 amide bonds. The Morgan fingerprint density at radius 3 is 2.13 bits per heavy atom. The van der Waals surface area contributed by atoms with E-state index in [-0.39, 0.29) is 10.6 Å². The van der Waals surface area contributed by atoms with Gasteiger partial charge in [0.1, 0.15) is 11.5 Å². The van der Waals surface area contributed by atoms with Crippen LogP contribution in [0.15, 0.2) is 54.6 Å². The maximum Gasteiger partial charge on any atom is 0.333 e. The van der Waals surface area contributed by atoms with Crippen molar-refractivity contribution < 1.29 is 23.8 Å². The molecular formula is C24H33NO5Si. The predicted molar refractivity (Wildman–Crippen MR) is 127 cm³/mol. The number of benzene rings is 2. The number of hydrogen-bond donors (Lipinski definition) is 2. The molecule has 7 heteroatoms. The third-order valence-electron chi connectivity index (χ3n) is 5.72. The van der Waals surface area contributed by atoms with Gasteiger partial charge in [0.2, 0.25) is 0 Å². The molecule has 1 atom stereocenters. The highest BCUT2D eigenvalue weighted by atomic mass is 28.4. The summed E-state index contributed by atoms with van der Waals surface area (Å²) in [4.78, 5) is 11.8. The smallest absolute Gasteiger partial charge is 0.333 e. The lowest BCUT2D eigenvalue weighted by Gasteiger charge is -2.37. The van der Waals surface area contributed by atoms with Crippen LogP contribution in [-0.4, -0.2) is 33.6 Å². The van der Waals surface area contributed by atoms with Crippen molar-refractivity contribution >= 4 is 20.0 Å². The summed E-state index contributed by atoms with van der Waals surface area (Å²) in [6.45, 7) is 14.6. The zero-order chi connectivity index (χ0) is 23.4. The fourth-order valence-corrected chi connectivity index (χ4v) is 3.75. The van der Waals surface area contributed by atoms with Crippen molar-refractivity contribution in [2.24, 2.45) is 0 Å². The zero-order valence-electron chi connectivity index (χ0n) is 19.4. The number of carboxylic acid groups (broad SMARTS) is 1. The van der Waals surface area contributed by atoms with E-state index in [2.05, 4.69) is 45.8 Å². The summed E-state index contributed by atoms with van der Waals surface area (Å²) in [5.41, 5.74) is 1.49. The van der Waals surface area contributed by atoms with Crippen molar-refractivity contribution in [1.29, 1.82) is 0 Å². The fourth-order valence-electron chi connectivity index (χ4n) is 2.73. The number of hydrogen-bond acceptors (Lipinski definition) is 5. The molecule has 0 saturated heterocycles. The van der Waals surface area contributed by atoms with Crippen LogP contribution in [-0.2, 0) is 4.79 Å². The van der Waals surface area contributed by atoms with Gasteiger partial charge in [0.05, 0.1) is 25.8 Å². The maximum atomic E-state index is 11.8. The van der Waals surface area contributed by atoms with E-state index in [1.54, 1.807) is 20.3 Å². The first-order valence-electron chi connectivity index (χ1n) is 10.1. The standard InChI is InChI=1S/C24H33NO5Si/c1-16(23(26)27)22(25-18-10-12-19(28-5)13-11-18)17-9-14-20(29-6)21(15-17)30-31(7,8)24(2,3)4/h9-15,22,25H,1H2,2-8H3,(H,26,27). The summed E-state index contributed by atoms with van der Waals surface area (Å²) in [7, 11) is 1.05. The average molecular weight is 444 g/mol. The minimum absolute atomic E-state index is 0.000571. The number of carbonyl (C=O) groups is 1. The van der Waals surface area contributed by atoms with Crippen LogP contribution < -0.4 is 19.2 Å². The summed E-state index contributed by atoms with van der Waals surface area (Å²) in [6.07, 6.45) is 0. The largest absolute Gasteiger partial charge is 0.541 e. The zero-order valence-corrected chi connectivity index (χ0v) is 20.4. The molecule has 6 nitrogen and oxygen atoms in total. The number of carboxylic acids is 1. The van der Waals surface area contributed by atoms with Gasteiger partial charge >= 0.3 is 5.97 Å². The van der Waals surface area contributed by atoms with Gasteiger partial charge in [-0.3, -0.25) is 0 Å². The summed E-state index contributed by atoms with van der Waals surface area (Å²) in [6, 6.07) is 12.1. The van der Waals surface area contributed by atoms with Crippen LogP contribution in [0.25, 0.3) is 0 Å². The van der Waals surface area contributed by atoms with E-state index in [9.17, 15) is 9.90 Å². The van der Waals surface area contributed by atoms with E-state index in [1.165, 1.54) is 0 Å². The first-order valence-corrected chi connectivity index (χ1v) is 13.0.